The number of rotatable bonds is 3. The van der Waals surface area contributed by atoms with Gasteiger partial charge in [-0.25, -0.2) is 0 Å². The van der Waals surface area contributed by atoms with E-state index in [2.05, 4.69) is 0 Å². The molecule has 0 aliphatic heterocycles. The van der Waals surface area contributed by atoms with E-state index in [-0.39, 0.29) is 12.4 Å². The van der Waals surface area contributed by atoms with Crippen molar-refractivity contribution in [1.29, 1.82) is 0 Å². The SMILES string of the molecule is CCC(=O)c1cc(C)ccc1CO. The van der Waals surface area contributed by atoms with Gasteiger partial charge < -0.3 is 5.11 Å². The van der Waals surface area contributed by atoms with Crippen LogP contribution in [0.1, 0.15) is 34.8 Å². The third-order valence-electron chi connectivity index (χ3n) is 2.06. The number of aliphatic hydroxyl groups is 1. The van der Waals surface area contributed by atoms with Crippen molar-refractivity contribution in [3.05, 3.63) is 34.9 Å². The molecule has 0 saturated heterocycles. The third-order valence-corrected chi connectivity index (χ3v) is 2.06. The molecule has 0 aliphatic rings. The third kappa shape index (κ3) is 2.16. The predicted molar refractivity (Wildman–Crippen MR) is 51.7 cm³/mol. The molecule has 2 nitrogen and oxygen atoms in total. The largest absolute Gasteiger partial charge is 0.392 e. The number of carbonyl (C=O) groups is 1. The lowest BCUT2D eigenvalue weighted by Gasteiger charge is -2.05. The first-order valence-corrected chi connectivity index (χ1v) is 4.42. The zero-order valence-corrected chi connectivity index (χ0v) is 8.00. The monoisotopic (exact) mass is 178 g/mol. The Balaban J connectivity index is 3.15. The molecule has 1 aromatic carbocycles. The summed E-state index contributed by atoms with van der Waals surface area (Å²) in [5.74, 6) is 0.0905. The number of ketones is 1. The summed E-state index contributed by atoms with van der Waals surface area (Å²) in [5.41, 5.74) is 2.43. The maximum Gasteiger partial charge on any atom is 0.162 e. The van der Waals surface area contributed by atoms with Crippen molar-refractivity contribution in [1.82, 2.24) is 0 Å². The zero-order valence-electron chi connectivity index (χ0n) is 8.00. The Kier molecular flexibility index (Phi) is 3.20. The smallest absolute Gasteiger partial charge is 0.162 e. The molecular formula is C11H14O2. The van der Waals surface area contributed by atoms with Crippen LogP contribution in [0.15, 0.2) is 18.2 Å². The van der Waals surface area contributed by atoms with Crippen LogP contribution in [-0.2, 0) is 6.61 Å². The van der Waals surface area contributed by atoms with Gasteiger partial charge >= 0.3 is 0 Å². The highest BCUT2D eigenvalue weighted by Crippen LogP contribution is 2.13. The molecule has 1 rings (SSSR count). The minimum Gasteiger partial charge on any atom is -0.392 e. The number of hydrogen-bond donors (Lipinski definition) is 1. The minimum absolute atomic E-state index is 0.0681. The topological polar surface area (TPSA) is 37.3 Å². The van der Waals surface area contributed by atoms with Crippen molar-refractivity contribution >= 4 is 5.78 Å². The number of aryl methyl sites for hydroxylation is 1. The Morgan fingerprint density at radius 3 is 2.69 bits per heavy atom. The van der Waals surface area contributed by atoms with Crippen LogP contribution in [0.2, 0.25) is 0 Å². The van der Waals surface area contributed by atoms with Crippen LogP contribution in [0.5, 0.6) is 0 Å². The van der Waals surface area contributed by atoms with E-state index in [0.29, 0.717) is 12.0 Å². The summed E-state index contributed by atoms with van der Waals surface area (Å²) in [5, 5.41) is 9.00. The average molecular weight is 178 g/mol. The van der Waals surface area contributed by atoms with E-state index in [1.807, 2.05) is 26.0 Å². The van der Waals surface area contributed by atoms with Gasteiger partial charge in [-0.1, -0.05) is 24.6 Å². The molecule has 2 heteroatoms. The van der Waals surface area contributed by atoms with E-state index in [1.54, 1.807) is 6.07 Å². The molecule has 13 heavy (non-hydrogen) atoms. The number of aliphatic hydroxyl groups excluding tert-OH is 1. The van der Waals surface area contributed by atoms with Gasteiger partial charge in [0.05, 0.1) is 6.61 Å². The molecule has 1 aromatic rings. The first-order chi connectivity index (χ1) is 6.19. The highest BCUT2D eigenvalue weighted by Gasteiger charge is 2.08. The minimum atomic E-state index is -0.0681. The van der Waals surface area contributed by atoms with E-state index < -0.39 is 0 Å². The Bertz CT molecular complexity index is 316. The van der Waals surface area contributed by atoms with E-state index in [9.17, 15) is 4.79 Å². The average Bonchev–Trinajstić information content (AvgIpc) is 2.16. The Labute approximate surface area is 78.2 Å². The lowest BCUT2D eigenvalue weighted by Crippen LogP contribution is -2.02. The summed E-state index contributed by atoms with van der Waals surface area (Å²) >= 11 is 0. The van der Waals surface area contributed by atoms with Crippen LogP contribution < -0.4 is 0 Å². The fourth-order valence-corrected chi connectivity index (χ4v) is 1.28. The molecule has 0 heterocycles. The van der Waals surface area contributed by atoms with Gasteiger partial charge in [0.15, 0.2) is 5.78 Å². The summed E-state index contributed by atoms with van der Waals surface area (Å²) in [6.45, 7) is 3.70. The molecular weight excluding hydrogens is 164 g/mol. The molecule has 0 bridgehead atoms. The second-order valence-corrected chi connectivity index (χ2v) is 3.10. The van der Waals surface area contributed by atoms with Crippen molar-refractivity contribution in [3.8, 4) is 0 Å². The number of Topliss-reactive ketones (excluding diaryl/α,β-unsaturated/α-hetero) is 1. The van der Waals surface area contributed by atoms with Crippen LogP contribution in [0.4, 0.5) is 0 Å². The zero-order chi connectivity index (χ0) is 9.84. The second kappa shape index (κ2) is 4.19. The molecule has 1 N–H and O–H groups in total. The van der Waals surface area contributed by atoms with E-state index in [0.717, 1.165) is 11.1 Å². The predicted octanol–water partition coefficient (Wildman–Crippen LogP) is 2.08. The van der Waals surface area contributed by atoms with Gasteiger partial charge in [-0.05, 0) is 18.6 Å². The fraction of sp³-hybridized carbons (Fsp3) is 0.364. The normalized spacial score (nSPS) is 10.1. The standard InChI is InChI=1S/C11H14O2/c1-3-11(13)10-6-8(2)4-5-9(10)7-12/h4-6,12H,3,7H2,1-2H3. The highest BCUT2D eigenvalue weighted by atomic mass is 16.3. The Hall–Kier alpha value is -1.15. The molecule has 0 radical (unpaired) electrons. The summed E-state index contributed by atoms with van der Waals surface area (Å²) in [4.78, 5) is 11.4. The maximum atomic E-state index is 11.4. The molecule has 0 saturated carbocycles. The van der Waals surface area contributed by atoms with E-state index in [1.165, 1.54) is 0 Å². The van der Waals surface area contributed by atoms with Crippen molar-refractivity contribution in [3.63, 3.8) is 0 Å². The van der Waals surface area contributed by atoms with Crippen LogP contribution in [0, 0.1) is 6.92 Å². The summed E-state index contributed by atoms with van der Waals surface area (Å²) in [6.07, 6.45) is 0.483. The molecule has 0 amide bonds. The number of benzene rings is 1. The van der Waals surface area contributed by atoms with Gasteiger partial charge in [0.1, 0.15) is 0 Å². The van der Waals surface area contributed by atoms with Gasteiger partial charge in [0.25, 0.3) is 0 Å². The van der Waals surface area contributed by atoms with Crippen LogP contribution >= 0.6 is 0 Å². The first kappa shape index (κ1) is 9.93. The molecule has 0 spiro atoms. The van der Waals surface area contributed by atoms with E-state index in [4.69, 9.17) is 5.11 Å². The fourth-order valence-electron chi connectivity index (χ4n) is 1.28. The summed E-state index contributed by atoms with van der Waals surface area (Å²) in [6, 6.07) is 5.54. The summed E-state index contributed by atoms with van der Waals surface area (Å²) in [7, 11) is 0. The van der Waals surface area contributed by atoms with Gasteiger partial charge in [-0.3, -0.25) is 4.79 Å². The first-order valence-electron chi connectivity index (χ1n) is 4.42. The highest BCUT2D eigenvalue weighted by molar-refractivity contribution is 5.97. The number of carbonyl (C=O) groups excluding carboxylic acids is 1. The van der Waals surface area contributed by atoms with Crippen molar-refractivity contribution in [2.75, 3.05) is 0 Å². The van der Waals surface area contributed by atoms with Crippen molar-refractivity contribution in [2.24, 2.45) is 0 Å². The molecule has 70 valence electrons. The number of hydrogen-bond acceptors (Lipinski definition) is 2. The molecule has 0 aromatic heterocycles. The maximum absolute atomic E-state index is 11.4. The van der Waals surface area contributed by atoms with Crippen LogP contribution in [-0.4, -0.2) is 10.9 Å². The van der Waals surface area contributed by atoms with Gasteiger partial charge in [0, 0.05) is 12.0 Å². The molecule has 0 atom stereocenters. The lowest BCUT2D eigenvalue weighted by atomic mass is 10.0. The Morgan fingerprint density at radius 2 is 2.15 bits per heavy atom. The van der Waals surface area contributed by atoms with Crippen LogP contribution in [0.25, 0.3) is 0 Å². The van der Waals surface area contributed by atoms with Crippen molar-refractivity contribution in [2.45, 2.75) is 26.9 Å². The molecule has 0 fully saturated rings. The quantitative estimate of drug-likeness (QED) is 0.719. The molecule has 0 unspecified atom stereocenters. The van der Waals surface area contributed by atoms with Gasteiger partial charge in [0.2, 0.25) is 0 Å². The lowest BCUT2D eigenvalue weighted by molar-refractivity contribution is 0.0985. The molecule has 0 aliphatic carbocycles. The summed E-state index contributed by atoms with van der Waals surface area (Å²) < 4.78 is 0. The van der Waals surface area contributed by atoms with Crippen LogP contribution in [0.3, 0.4) is 0 Å². The Morgan fingerprint density at radius 1 is 1.46 bits per heavy atom. The van der Waals surface area contributed by atoms with Gasteiger partial charge in [-0.15, -0.1) is 0 Å². The second-order valence-electron chi connectivity index (χ2n) is 3.10. The van der Waals surface area contributed by atoms with E-state index >= 15 is 0 Å². The van der Waals surface area contributed by atoms with Gasteiger partial charge in [-0.2, -0.15) is 0 Å². The van der Waals surface area contributed by atoms with Crippen molar-refractivity contribution < 1.29 is 9.90 Å².